The highest BCUT2D eigenvalue weighted by atomic mass is 19.1. The zero-order valence-corrected chi connectivity index (χ0v) is 17.7. The molecule has 3 heterocycles. The van der Waals surface area contributed by atoms with Crippen molar-refractivity contribution in [1.29, 1.82) is 5.26 Å². The quantitative estimate of drug-likeness (QED) is 0.636. The maximum atomic E-state index is 15.2. The maximum Gasteiger partial charge on any atom is 0.158 e. The van der Waals surface area contributed by atoms with Gasteiger partial charge in [0.05, 0.1) is 31.7 Å². The van der Waals surface area contributed by atoms with Crippen molar-refractivity contribution in [3.05, 3.63) is 41.6 Å². The first-order valence-electron chi connectivity index (χ1n) is 10.5. The summed E-state index contributed by atoms with van der Waals surface area (Å²) in [5.41, 5.74) is 7.86. The van der Waals surface area contributed by atoms with Crippen LogP contribution < -0.4 is 25.8 Å². The zero-order valence-electron chi connectivity index (χ0n) is 17.7. The van der Waals surface area contributed by atoms with Gasteiger partial charge >= 0.3 is 0 Å². The van der Waals surface area contributed by atoms with Crippen molar-refractivity contribution < 1.29 is 9.13 Å². The molecule has 1 aromatic heterocycles. The summed E-state index contributed by atoms with van der Waals surface area (Å²) in [5, 5.41) is 12.0. The maximum absolute atomic E-state index is 15.2. The minimum Gasteiger partial charge on any atom is -0.496 e. The van der Waals surface area contributed by atoms with Gasteiger partial charge in [-0.25, -0.2) is 25.2 Å². The van der Waals surface area contributed by atoms with Gasteiger partial charge in [0.2, 0.25) is 0 Å². The molecular formula is C21H27FN8O. The van der Waals surface area contributed by atoms with Gasteiger partial charge in [-0.1, -0.05) is 6.92 Å². The standard InChI is InChI=1S/C21H27FN8O/c1-3-29-4-6-30(7-5-29)15-8-16(22)21(18(9-15)31-2)17-10-19(28-27-17)26-20-13-24-14(11-23)12-25-20/h8-9,12-13,17,19,27-28H,3-7,10H2,1-2H3,(H,25,26). The highest BCUT2D eigenvalue weighted by Crippen LogP contribution is 2.36. The number of rotatable bonds is 6. The van der Waals surface area contributed by atoms with E-state index in [2.05, 4.69) is 42.9 Å². The Hall–Kier alpha value is -3.00. The summed E-state index contributed by atoms with van der Waals surface area (Å²) >= 11 is 0. The SMILES string of the molecule is CCN1CCN(c2cc(F)c(C3CC(Nc4cnc(C#N)cn4)NN3)c(OC)c2)CC1. The Labute approximate surface area is 181 Å². The van der Waals surface area contributed by atoms with Crippen LogP contribution in [0.25, 0.3) is 0 Å². The second kappa shape index (κ2) is 9.43. The smallest absolute Gasteiger partial charge is 0.158 e. The molecular weight excluding hydrogens is 399 g/mol. The molecule has 0 bridgehead atoms. The number of anilines is 2. The molecule has 0 aliphatic carbocycles. The minimum atomic E-state index is -0.287. The van der Waals surface area contributed by atoms with Crippen molar-refractivity contribution in [2.24, 2.45) is 0 Å². The lowest BCUT2D eigenvalue weighted by atomic mass is 10.0. The monoisotopic (exact) mass is 426 g/mol. The lowest BCUT2D eigenvalue weighted by Crippen LogP contribution is -2.46. The molecule has 2 fully saturated rings. The van der Waals surface area contributed by atoms with Gasteiger partial charge in [-0.15, -0.1) is 0 Å². The molecule has 2 saturated heterocycles. The molecule has 0 spiro atoms. The minimum absolute atomic E-state index is 0.182. The van der Waals surface area contributed by atoms with Crippen LogP contribution in [0.15, 0.2) is 24.5 Å². The number of methoxy groups -OCH3 is 1. The van der Waals surface area contributed by atoms with Crippen molar-refractivity contribution >= 4 is 11.5 Å². The van der Waals surface area contributed by atoms with E-state index >= 15 is 4.39 Å². The van der Waals surface area contributed by atoms with Crippen LogP contribution in [0.2, 0.25) is 0 Å². The van der Waals surface area contributed by atoms with Gasteiger partial charge in [0.1, 0.15) is 23.5 Å². The van der Waals surface area contributed by atoms with Crippen LogP contribution in [-0.2, 0) is 0 Å². The van der Waals surface area contributed by atoms with Crippen LogP contribution in [0, 0.1) is 17.1 Å². The predicted octanol–water partition coefficient (Wildman–Crippen LogP) is 1.62. The number of halogens is 1. The first-order chi connectivity index (χ1) is 15.1. The molecule has 9 nitrogen and oxygen atoms in total. The summed E-state index contributed by atoms with van der Waals surface area (Å²) in [7, 11) is 1.57. The molecule has 2 aliphatic heterocycles. The van der Waals surface area contributed by atoms with E-state index in [0.29, 0.717) is 23.6 Å². The van der Waals surface area contributed by atoms with Gasteiger partial charge in [-0.3, -0.25) is 0 Å². The Morgan fingerprint density at radius 1 is 1.23 bits per heavy atom. The number of hydrogen-bond acceptors (Lipinski definition) is 9. The Balaban J connectivity index is 1.46. The summed E-state index contributed by atoms with van der Waals surface area (Å²) in [4.78, 5) is 12.8. The topological polar surface area (TPSA) is 101 Å². The van der Waals surface area contributed by atoms with Crippen LogP contribution in [0.1, 0.15) is 30.6 Å². The summed E-state index contributed by atoms with van der Waals surface area (Å²) < 4.78 is 20.8. The van der Waals surface area contributed by atoms with Crippen molar-refractivity contribution in [2.75, 3.05) is 50.1 Å². The molecule has 0 radical (unpaired) electrons. The van der Waals surface area contributed by atoms with Gasteiger partial charge in [-0.05, 0) is 12.6 Å². The summed E-state index contributed by atoms with van der Waals surface area (Å²) in [5.74, 6) is 0.782. The van der Waals surface area contributed by atoms with Crippen LogP contribution in [-0.4, -0.2) is 60.9 Å². The summed E-state index contributed by atoms with van der Waals surface area (Å²) in [6.07, 6.45) is 3.30. The normalized spacial score (nSPS) is 21.7. The Morgan fingerprint density at radius 3 is 2.68 bits per heavy atom. The van der Waals surface area contributed by atoms with Crippen LogP contribution in [0.5, 0.6) is 5.75 Å². The Kier molecular flexibility index (Phi) is 6.46. The van der Waals surface area contributed by atoms with Gasteiger partial charge in [-0.2, -0.15) is 5.26 Å². The summed E-state index contributed by atoms with van der Waals surface area (Å²) in [6, 6.07) is 5.19. The number of piperazine rings is 1. The third kappa shape index (κ3) is 4.69. The van der Waals surface area contributed by atoms with Crippen LogP contribution >= 0.6 is 0 Å². The molecule has 2 atom stereocenters. The highest BCUT2D eigenvalue weighted by Gasteiger charge is 2.31. The van der Waals surface area contributed by atoms with E-state index in [9.17, 15) is 0 Å². The van der Waals surface area contributed by atoms with Gasteiger partial charge in [0, 0.05) is 49.9 Å². The average molecular weight is 427 g/mol. The van der Waals surface area contributed by atoms with Crippen molar-refractivity contribution in [3.63, 3.8) is 0 Å². The number of aromatic nitrogens is 2. The van der Waals surface area contributed by atoms with E-state index in [4.69, 9.17) is 10.00 Å². The number of nitrogens with one attached hydrogen (secondary N) is 3. The van der Waals surface area contributed by atoms with E-state index in [1.165, 1.54) is 12.4 Å². The predicted molar refractivity (Wildman–Crippen MR) is 115 cm³/mol. The zero-order chi connectivity index (χ0) is 21.8. The van der Waals surface area contributed by atoms with Crippen molar-refractivity contribution in [1.82, 2.24) is 25.7 Å². The van der Waals surface area contributed by atoms with Gasteiger partial charge < -0.3 is 19.9 Å². The second-order valence-corrected chi connectivity index (χ2v) is 7.64. The molecule has 31 heavy (non-hydrogen) atoms. The lowest BCUT2D eigenvalue weighted by molar-refractivity contribution is 0.271. The molecule has 10 heteroatoms. The largest absolute Gasteiger partial charge is 0.496 e. The van der Waals surface area contributed by atoms with E-state index in [1.807, 2.05) is 12.1 Å². The number of likely N-dealkylation sites (N-methyl/N-ethyl adjacent to an activating group) is 1. The first-order valence-corrected chi connectivity index (χ1v) is 10.5. The molecule has 2 unspecified atom stereocenters. The number of hydrazine groups is 1. The fraction of sp³-hybridized carbons (Fsp3) is 0.476. The third-order valence-electron chi connectivity index (χ3n) is 5.82. The molecule has 0 amide bonds. The lowest BCUT2D eigenvalue weighted by Gasteiger charge is -2.36. The number of ether oxygens (including phenoxy) is 1. The number of nitriles is 1. The van der Waals surface area contributed by atoms with Crippen LogP contribution in [0.4, 0.5) is 15.9 Å². The average Bonchev–Trinajstić information content (AvgIpc) is 3.26. The number of benzene rings is 1. The van der Waals surface area contributed by atoms with Gasteiger partial charge in [0.15, 0.2) is 5.69 Å². The van der Waals surface area contributed by atoms with Gasteiger partial charge in [0.25, 0.3) is 0 Å². The second-order valence-electron chi connectivity index (χ2n) is 7.64. The highest BCUT2D eigenvalue weighted by molar-refractivity contribution is 5.56. The van der Waals surface area contributed by atoms with Crippen LogP contribution in [0.3, 0.4) is 0 Å². The fourth-order valence-corrected chi connectivity index (χ4v) is 4.07. The number of hydrogen-bond donors (Lipinski definition) is 3. The molecule has 0 saturated carbocycles. The van der Waals surface area contributed by atoms with E-state index in [1.54, 1.807) is 13.2 Å². The first kappa shape index (κ1) is 21.2. The van der Waals surface area contributed by atoms with E-state index < -0.39 is 0 Å². The van der Waals surface area contributed by atoms with E-state index in [0.717, 1.165) is 38.4 Å². The fourth-order valence-electron chi connectivity index (χ4n) is 4.07. The Bertz CT molecular complexity index is 940. The summed E-state index contributed by atoms with van der Waals surface area (Å²) in [6.45, 7) is 6.89. The molecule has 164 valence electrons. The van der Waals surface area contributed by atoms with Crippen molar-refractivity contribution in [2.45, 2.75) is 25.6 Å². The molecule has 2 aliphatic rings. The Morgan fingerprint density at radius 2 is 2.03 bits per heavy atom. The molecule has 4 rings (SSSR count). The third-order valence-corrected chi connectivity index (χ3v) is 5.82. The van der Waals surface area contributed by atoms with E-state index in [-0.39, 0.29) is 23.7 Å². The molecule has 3 N–H and O–H groups in total. The molecule has 2 aromatic rings. The molecule has 1 aromatic carbocycles. The van der Waals surface area contributed by atoms with Crippen molar-refractivity contribution in [3.8, 4) is 11.8 Å². The number of nitrogens with zero attached hydrogens (tertiary/aromatic N) is 5.